The molecular weight excluding hydrogens is 336 g/mol. The van der Waals surface area contributed by atoms with Crippen molar-refractivity contribution in [1.82, 2.24) is 9.97 Å². The lowest BCUT2D eigenvalue weighted by Gasteiger charge is -2.11. The van der Waals surface area contributed by atoms with Gasteiger partial charge in [-0.05, 0) is 12.1 Å². The molecule has 24 heavy (non-hydrogen) atoms. The van der Waals surface area contributed by atoms with Gasteiger partial charge in [0, 0.05) is 57.7 Å². The summed E-state index contributed by atoms with van der Waals surface area (Å²) in [5.41, 5.74) is 5.10. The number of fused-ring (bicyclic) bond motifs is 3. The van der Waals surface area contributed by atoms with Crippen molar-refractivity contribution >= 4 is 29.1 Å². The second-order valence-electron chi connectivity index (χ2n) is 4.97. The number of nitrogens with zero attached hydrogens (tertiary/aromatic N) is 4. The van der Waals surface area contributed by atoms with Gasteiger partial charge in [-0.25, -0.2) is 0 Å². The molecule has 2 aromatic heterocycles. The maximum atomic E-state index is 8.82. The molecule has 0 saturated heterocycles. The van der Waals surface area contributed by atoms with Gasteiger partial charge in [-0.2, -0.15) is 10.5 Å². The summed E-state index contributed by atoms with van der Waals surface area (Å²) in [4.78, 5) is 9.01. The third kappa shape index (κ3) is 3.31. The summed E-state index contributed by atoms with van der Waals surface area (Å²) in [5, 5.41) is 17.6. The second kappa shape index (κ2) is 8.01. The summed E-state index contributed by atoms with van der Waals surface area (Å²) < 4.78 is 1.14. The number of nitriles is 2. The van der Waals surface area contributed by atoms with Crippen LogP contribution in [0.15, 0.2) is 40.9 Å². The minimum atomic E-state index is 0.500. The Balaban J connectivity index is 2.08. The first-order valence-electron chi connectivity index (χ1n) is 7.51. The fraction of sp³-hybridized carbons (Fsp3) is 0.222. The van der Waals surface area contributed by atoms with Crippen molar-refractivity contribution < 1.29 is 0 Å². The van der Waals surface area contributed by atoms with Crippen molar-refractivity contribution in [2.45, 2.75) is 12.8 Å². The number of rotatable bonds is 6. The summed E-state index contributed by atoms with van der Waals surface area (Å²) >= 11 is 3.35. The lowest BCUT2D eigenvalue weighted by atomic mass is 10.1. The van der Waals surface area contributed by atoms with E-state index in [1.54, 1.807) is 35.9 Å². The van der Waals surface area contributed by atoms with Crippen LogP contribution in [-0.4, -0.2) is 21.5 Å². The van der Waals surface area contributed by atoms with E-state index in [9.17, 15) is 0 Å². The van der Waals surface area contributed by atoms with E-state index in [0.717, 1.165) is 43.8 Å². The quantitative estimate of drug-likeness (QED) is 0.611. The topological polar surface area (TPSA) is 73.4 Å². The van der Waals surface area contributed by atoms with Crippen molar-refractivity contribution in [3.05, 3.63) is 52.0 Å². The Morgan fingerprint density at radius 2 is 1.38 bits per heavy atom. The summed E-state index contributed by atoms with van der Waals surface area (Å²) in [6.45, 7) is 0. The SMILES string of the molecule is N#CCCSC(SCCC#N)=C1c2cccnc2-c2ncccc21. The lowest BCUT2D eigenvalue weighted by Crippen LogP contribution is -1.89. The highest BCUT2D eigenvalue weighted by atomic mass is 32.2. The Kier molecular flexibility index (Phi) is 5.53. The van der Waals surface area contributed by atoms with Crippen LogP contribution in [-0.2, 0) is 0 Å². The van der Waals surface area contributed by atoms with Crippen LogP contribution in [0.25, 0.3) is 17.0 Å². The lowest BCUT2D eigenvalue weighted by molar-refractivity contribution is 1.24. The maximum Gasteiger partial charge on any atom is 0.0971 e. The minimum Gasteiger partial charge on any atom is -0.254 e. The smallest absolute Gasteiger partial charge is 0.0971 e. The highest BCUT2D eigenvalue weighted by Crippen LogP contribution is 2.48. The Bertz CT molecular complexity index is 792. The molecule has 0 atom stereocenters. The van der Waals surface area contributed by atoms with Crippen LogP contribution in [0.3, 0.4) is 0 Å². The second-order valence-corrected chi connectivity index (χ2v) is 7.44. The summed E-state index contributed by atoms with van der Waals surface area (Å²) in [6, 6.07) is 12.4. The van der Waals surface area contributed by atoms with Gasteiger partial charge in [0.2, 0.25) is 0 Å². The van der Waals surface area contributed by atoms with E-state index in [1.807, 2.05) is 12.1 Å². The van der Waals surface area contributed by atoms with Gasteiger partial charge in [-0.15, -0.1) is 23.5 Å². The van der Waals surface area contributed by atoms with Gasteiger partial charge >= 0.3 is 0 Å². The van der Waals surface area contributed by atoms with E-state index in [1.165, 1.54) is 0 Å². The molecule has 0 unspecified atom stereocenters. The highest BCUT2D eigenvalue weighted by molar-refractivity contribution is 8.22. The van der Waals surface area contributed by atoms with Gasteiger partial charge in [-0.3, -0.25) is 9.97 Å². The van der Waals surface area contributed by atoms with Crippen molar-refractivity contribution in [3.8, 4) is 23.5 Å². The fourth-order valence-corrected chi connectivity index (χ4v) is 4.84. The number of pyridine rings is 2. The molecule has 2 aromatic rings. The molecule has 0 saturated carbocycles. The number of aromatic nitrogens is 2. The molecule has 0 amide bonds. The first-order chi connectivity index (χ1) is 11.9. The first-order valence-corrected chi connectivity index (χ1v) is 9.49. The Hall–Kier alpha value is -2.28. The molecule has 0 spiro atoms. The van der Waals surface area contributed by atoms with Gasteiger partial charge in [0.1, 0.15) is 0 Å². The molecule has 1 aliphatic carbocycles. The average Bonchev–Trinajstić information content (AvgIpc) is 2.95. The first kappa shape index (κ1) is 16.6. The number of hydrogen-bond donors (Lipinski definition) is 0. The van der Waals surface area contributed by atoms with E-state index in [-0.39, 0.29) is 0 Å². The van der Waals surface area contributed by atoms with Crippen molar-refractivity contribution in [1.29, 1.82) is 10.5 Å². The third-order valence-electron chi connectivity index (χ3n) is 3.48. The van der Waals surface area contributed by atoms with E-state index in [2.05, 4.69) is 34.2 Å². The molecule has 6 heteroatoms. The van der Waals surface area contributed by atoms with E-state index in [4.69, 9.17) is 10.5 Å². The Labute approximate surface area is 149 Å². The Morgan fingerprint density at radius 3 is 1.83 bits per heavy atom. The maximum absolute atomic E-state index is 8.82. The molecule has 0 bridgehead atoms. The molecule has 3 rings (SSSR count). The number of thioether (sulfide) groups is 2. The van der Waals surface area contributed by atoms with E-state index in [0.29, 0.717) is 12.8 Å². The summed E-state index contributed by atoms with van der Waals surface area (Å²) in [7, 11) is 0. The molecule has 1 aliphatic rings. The monoisotopic (exact) mass is 350 g/mol. The van der Waals surface area contributed by atoms with Gasteiger partial charge in [0.15, 0.2) is 0 Å². The normalized spacial score (nSPS) is 11.3. The third-order valence-corrected chi connectivity index (χ3v) is 5.93. The predicted octanol–water partition coefficient (Wildman–Crippen LogP) is 4.47. The van der Waals surface area contributed by atoms with Crippen LogP contribution >= 0.6 is 23.5 Å². The molecule has 0 aliphatic heterocycles. The molecule has 0 N–H and O–H groups in total. The van der Waals surface area contributed by atoms with Crippen LogP contribution in [0.1, 0.15) is 24.0 Å². The predicted molar refractivity (Wildman–Crippen MR) is 98.9 cm³/mol. The molecule has 2 heterocycles. The molecule has 4 nitrogen and oxygen atoms in total. The average molecular weight is 350 g/mol. The molecule has 0 fully saturated rings. The zero-order valence-electron chi connectivity index (χ0n) is 12.9. The van der Waals surface area contributed by atoms with Crippen LogP contribution < -0.4 is 0 Å². The van der Waals surface area contributed by atoms with Crippen molar-refractivity contribution in [3.63, 3.8) is 0 Å². The fourth-order valence-electron chi connectivity index (χ4n) is 2.52. The Morgan fingerprint density at radius 1 is 0.875 bits per heavy atom. The minimum absolute atomic E-state index is 0.500. The van der Waals surface area contributed by atoms with Crippen molar-refractivity contribution in [2.24, 2.45) is 0 Å². The van der Waals surface area contributed by atoms with Crippen LogP contribution in [0.2, 0.25) is 0 Å². The van der Waals surface area contributed by atoms with E-state index < -0.39 is 0 Å². The van der Waals surface area contributed by atoms with Gasteiger partial charge in [0.05, 0.1) is 23.5 Å². The van der Waals surface area contributed by atoms with Gasteiger partial charge in [0.25, 0.3) is 0 Å². The summed E-state index contributed by atoms with van der Waals surface area (Å²) in [5.74, 6) is 1.47. The highest BCUT2D eigenvalue weighted by Gasteiger charge is 2.28. The molecule has 118 valence electrons. The van der Waals surface area contributed by atoms with Crippen LogP contribution in [0.4, 0.5) is 0 Å². The standard InChI is InChI=1S/C18H14N4S2/c19-7-3-11-23-18(24-12-4-8-20)15-13-5-1-9-21-16(13)17-14(15)6-2-10-22-17/h1-2,5-6,9-10H,3-4,11-12H2. The largest absolute Gasteiger partial charge is 0.254 e. The van der Waals surface area contributed by atoms with Crippen LogP contribution in [0, 0.1) is 22.7 Å². The zero-order valence-corrected chi connectivity index (χ0v) is 14.5. The van der Waals surface area contributed by atoms with E-state index >= 15 is 0 Å². The van der Waals surface area contributed by atoms with Crippen LogP contribution in [0.5, 0.6) is 0 Å². The summed E-state index contributed by atoms with van der Waals surface area (Å²) in [6.07, 6.45) is 4.57. The van der Waals surface area contributed by atoms with Gasteiger partial charge in [-0.1, -0.05) is 12.1 Å². The molecule has 0 radical (unpaired) electrons. The van der Waals surface area contributed by atoms with Gasteiger partial charge < -0.3 is 0 Å². The number of hydrogen-bond acceptors (Lipinski definition) is 6. The zero-order chi connectivity index (χ0) is 16.8. The van der Waals surface area contributed by atoms with Crippen molar-refractivity contribution in [2.75, 3.05) is 11.5 Å². The molecular formula is C18H14N4S2. The molecule has 0 aromatic carbocycles.